The van der Waals surface area contributed by atoms with Crippen LogP contribution in [0.5, 0.6) is 0 Å². The van der Waals surface area contributed by atoms with E-state index in [4.69, 9.17) is 0 Å². The molecule has 16 heavy (non-hydrogen) atoms. The van der Waals surface area contributed by atoms with E-state index in [0.29, 0.717) is 6.42 Å². The van der Waals surface area contributed by atoms with Crippen molar-refractivity contribution in [3.8, 4) is 0 Å². The summed E-state index contributed by atoms with van der Waals surface area (Å²) in [4.78, 5) is 0. The fourth-order valence-corrected chi connectivity index (χ4v) is 0.582. The third-order valence-corrected chi connectivity index (χ3v) is 1.26. The molecule has 2 nitrogen and oxygen atoms in total. The number of halogens is 3. The molecule has 0 aromatic rings. The van der Waals surface area contributed by atoms with Gasteiger partial charge in [-0.3, -0.25) is 4.74 Å². The number of ether oxygens (including phenoxy) is 1. The van der Waals surface area contributed by atoms with Crippen molar-refractivity contribution in [3.05, 3.63) is 0 Å². The van der Waals surface area contributed by atoms with Crippen molar-refractivity contribution >= 4 is 0 Å². The van der Waals surface area contributed by atoms with Crippen LogP contribution in [0.4, 0.5) is 13.2 Å². The van der Waals surface area contributed by atoms with Gasteiger partial charge >= 0.3 is 6.36 Å². The van der Waals surface area contributed by atoms with Gasteiger partial charge in [0, 0.05) is 0 Å². The molecule has 0 aromatic heterocycles. The lowest BCUT2D eigenvalue weighted by atomic mass is 10.4. The first-order chi connectivity index (χ1) is 7.47. The topological polar surface area (TPSA) is 21.3 Å². The summed E-state index contributed by atoms with van der Waals surface area (Å²) in [6, 6.07) is 0. The molecule has 0 saturated heterocycles. The minimum Gasteiger partial charge on any atom is -0.320 e. The Kier molecular flexibility index (Phi) is 22.5. The summed E-state index contributed by atoms with van der Waals surface area (Å²) < 4.78 is 36.9. The molecule has 0 heterocycles. The molecule has 0 unspecified atom stereocenters. The number of rotatable bonds is 5. The Bertz CT molecular complexity index is 106. The molecule has 0 aliphatic carbocycles. The average Bonchev–Trinajstić information content (AvgIpc) is 2.22. The van der Waals surface area contributed by atoms with Crippen LogP contribution >= 0.6 is 0 Å². The normalized spacial score (nSPS) is 9.75. The number of alkyl halides is 3. The van der Waals surface area contributed by atoms with E-state index < -0.39 is 6.36 Å². The molecule has 0 aliphatic rings. The molecule has 0 radical (unpaired) electrons. The summed E-state index contributed by atoms with van der Waals surface area (Å²) >= 11 is 0. The number of hydrogen-bond acceptors (Lipinski definition) is 2. The highest BCUT2D eigenvalue weighted by atomic mass is 19.4. The molecule has 0 aliphatic heterocycles. The largest absolute Gasteiger partial charge is 0.522 e. The summed E-state index contributed by atoms with van der Waals surface area (Å²) in [7, 11) is 1.96. The minimum atomic E-state index is -4.45. The van der Waals surface area contributed by atoms with Gasteiger partial charge in [0.1, 0.15) is 0 Å². The zero-order valence-corrected chi connectivity index (χ0v) is 11.1. The maximum absolute atomic E-state index is 11.2. The summed E-state index contributed by atoms with van der Waals surface area (Å²) in [6.07, 6.45) is -2.04. The monoisotopic (exact) mass is 245 g/mol. The summed E-state index contributed by atoms with van der Waals surface area (Å²) in [5.41, 5.74) is 0. The predicted octanol–water partition coefficient (Wildman–Crippen LogP) is 3.96. The van der Waals surface area contributed by atoms with E-state index in [9.17, 15) is 13.2 Å². The fourth-order valence-electron chi connectivity index (χ4n) is 0.582. The van der Waals surface area contributed by atoms with Gasteiger partial charge in [-0.05, 0) is 26.4 Å². The lowest BCUT2D eigenvalue weighted by molar-refractivity contribution is -0.324. The van der Waals surface area contributed by atoms with Gasteiger partial charge in [-0.1, -0.05) is 34.1 Å². The van der Waals surface area contributed by atoms with Crippen LogP contribution in [-0.2, 0) is 4.74 Å². The Morgan fingerprint density at radius 2 is 1.56 bits per heavy atom. The van der Waals surface area contributed by atoms with E-state index in [1.54, 1.807) is 6.92 Å². The molecular weight excluding hydrogens is 219 g/mol. The zero-order valence-electron chi connectivity index (χ0n) is 11.1. The maximum atomic E-state index is 11.2. The van der Waals surface area contributed by atoms with Crippen LogP contribution in [0, 0.1) is 0 Å². The standard InChI is InChI=1S/C5H9F3O.C4H11N.C2H6/c1-2-3-4-9-5(6,7)8;1-3-4-5-2;1-2/h2-4H2,1H3;5H,3-4H2,1-2H3;1-2H3. The SMILES string of the molecule is CC.CCCCOC(F)(F)F.CCCNC. The van der Waals surface area contributed by atoms with Crippen LogP contribution in [0.2, 0.25) is 0 Å². The third-order valence-electron chi connectivity index (χ3n) is 1.26. The molecule has 1 N–H and O–H groups in total. The van der Waals surface area contributed by atoms with Crippen LogP contribution in [0.15, 0.2) is 0 Å². The maximum Gasteiger partial charge on any atom is 0.522 e. The predicted molar refractivity (Wildman–Crippen MR) is 62.5 cm³/mol. The molecule has 0 atom stereocenters. The van der Waals surface area contributed by atoms with Crippen molar-refractivity contribution in [2.45, 2.75) is 53.3 Å². The van der Waals surface area contributed by atoms with Gasteiger partial charge in [-0.15, -0.1) is 13.2 Å². The highest BCUT2D eigenvalue weighted by Crippen LogP contribution is 2.16. The van der Waals surface area contributed by atoms with Crippen LogP contribution in [0.25, 0.3) is 0 Å². The Morgan fingerprint density at radius 3 is 1.75 bits per heavy atom. The van der Waals surface area contributed by atoms with Gasteiger partial charge in [-0.2, -0.15) is 0 Å². The molecule has 5 heteroatoms. The molecule has 0 spiro atoms. The van der Waals surface area contributed by atoms with E-state index in [-0.39, 0.29) is 6.61 Å². The van der Waals surface area contributed by atoms with Gasteiger partial charge in [0.05, 0.1) is 6.61 Å². The van der Waals surface area contributed by atoms with Gasteiger partial charge in [-0.25, -0.2) is 0 Å². The van der Waals surface area contributed by atoms with Crippen LogP contribution < -0.4 is 5.32 Å². The van der Waals surface area contributed by atoms with Gasteiger partial charge < -0.3 is 5.32 Å². The van der Waals surface area contributed by atoms with E-state index in [1.807, 2.05) is 20.9 Å². The second-order valence-corrected chi connectivity index (χ2v) is 2.75. The second kappa shape index (κ2) is 17.1. The summed E-state index contributed by atoms with van der Waals surface area (Å²) in [5, 5.41) is 3.02. The van der Waals surface area contributed by atoms with Gasteiger partial charge in [0.2, 0.25) is 0 Å². The molecule has 0 rings (SSSR count). The molecule has 0 bridgehead atoms. The third kappa shape index (κ3) is 37.3. The quantitative estimate of drug-likeness (QED) is 0.740. The Labute approximate surface area is 97.6 Å². The van der Waals surface area contributed by atoms with E-state index in [2.05, 4.69) is 17.0 Å². The van der Waals surface area contributed by atoms with E-state index in [1.165, 1.54) is 6.42 Å². The lowest BCUT2D eigenvalue weighted by Crippen LogP contribution is -2.13. The number of unbranched alkanes of at least 4 members (excludes halogenated alkanes) is 1. The van der Waals surface area contributed by atoms with Crippen LogP contribution in [-0.4, -0.2) is 26.6 Å². The second-order valence-electron chi connectivity index (χ2n) is 2.75. The summed E-state index contributed by atoms with van der Waals surface area (Å²) in [5.74, 6) is 0. The first-order valence-corrected chi connectivity index (χ1v) is 5.83. The first-order valence-electron chi connectivity index (χ1n) is 5.83. The van der Waals surface area contributed by atoms with E-state index >= 15 is 0 Å². The Morgan fingerprint density at radius 1 is 1.06 bits per heavy atom. The minimum absolute atomic E-state index is 0.222. The van der Waals surface area contributed by atoms with Crippen molar-refractivity contribution in [2.75, 3.05) is 20.2 Å². The van der Waals surface area contributed by atoms with Crippen LogP contribution in [0.1, 0.15) is 47.0 Å². The number of nitrogens with one attached hydrogen (secondary N) is 1. The van der Waals surface area contributed by atoms with Crippen molar-refractivity contribution < 1.29 is 17.9 Å². The Balaban J connectivity index is -0.000000205. The molecular formula is C11H26F3NO. The smallest absolute Gasteiger partial charge is 0.320 e. The molecule has 0 fully saturated rings. The van der Waals surface area contributed by atoms with Gasteiger partial charge in [0.25, 0.3) is 0 Å². The molecule has 0 aromatic carbocycles. The molecule has 102 valence electrons. The number of hydrogen-bond donors (Lipinski definition) is 1. The van der Waals surface area contributed by atoms with Gasteiger partial charge in [0.15, 0.2) is 0 Å². The molecule has 0 amide bonds. The highest BCUT2D eigenvalue weighted by Gasteiger charge is 2.28. The zero-order chi connectivity index (χ0) is 13.4. The van der Waals surface area contributed by atoms with Crippen molar-refractivity contribution in [1.82, 2.24) is 5.32 Å². The van der Waals surface area contributed by atoms with Crippen LogP contribution in [0.3, 0.4) is 0 Å². The molecule has 0 saturated carbocycles. The van der Waals surface area contributed by atoms with Crippen molar-refractivity contribution in [3.63, 3.8) is 0 Å². The average molecular weight is 245 g/mol. The van der Waals surface area contributed by atoms with E-state index in [0.717, 1.165) is 13.0 Å². The lowest BCUT2D eigenvalue weighted by Gasteiger charge is -2.04. The van der Waals surface area contributed by atoms with Crippen molar-refractivity contribution in [2.24, 2.45) is 0 Å². The Hall–Kier alpha value is -0.290. The summed E-state index contributed by atoms with van der Waals surface area (Å²) in [6.45, 7) is 8.87. The first kappa shape index (κ1) is 21.0. The van der Waals surface area contributed by atoms with Crippen molar-refractivity contribution in [1.29, 1.82) is 0 Å². The highest BCUT2D eigenvalue weighted by molar-refractivity contribution is 4.32. The fraction of sp³-hybridized carbons (Fsp3) is 1.00.